The number of ether oxygens (including phenoxy) is 1. The fourth-order valence-corrected chi connectivity index (χ4v) is 3.07. The Labute approximate surface area is 153 Å². The molecule has 0 aromatic heterocycles. The van der Waals surface area contributed by atoms with Crippen molar-refractivity contribution < 1.29 is 9.13 Å². The number of methoxy groups -OCH3 is 1. The van der Waals surface area contributed by atoms with Crippen LogP contribution in [0.4, 0.5) is 10.1 Å². The second-order valence-corrected chi connectivity index (χ2v) is 6.29. The molecule has 2 aromatic rings. The highest BCUT2D eigenvalue weighted by atomic mass is 19.1. The number of rotatable bonds is 5. The van der Waals surface area contributed by atoms with Gasteiger partial charge in [0.15, 0.2) is 5.96 Å². The monoisotopic (exact) mass is 356 g/mol. The van der Waals surface area contributed by atoms with Crippen molar-refractivity contribution in [3.8, 4) is 5.75 Å². The Morgan fingerprint density at radius 1 is 1.12 bits per heavy atom. The summed E-state index contributed by atoms with van der Waals surface area (Å²) in [7, 11) is 1.67. The molecule has 0 radical (unpaired) electrons. The van der Waals surface area contributed by atoms with E-state index in [9.17, 15) is 4.39 Å². The number of hydrogen-bond acceptors (Lipinski definition) is 3. The number of halogens is 1. The molecule has 2 aromatic carbocycles. The molecule has 6 heteroatoms. The summed E-state index contributed by atoms with van der Waals surface area (Å²) in [5.74, 6) is 1.24. The molecule has 2 N–H and O–H groups in total. The van der Waals surface area contributed by atoms with Crippen LogP contribution >= 0.6 is 0 Å². The Balaban J connectivity index is 1.48. The minimum atomic E-state index is -0.209. The van der Waals surface area contributed by atoms with E-state index in [-0.39, 0.29) is 5.82 Å². The van der Waals surface area contributed by atoms with Gasteiger partial charge < -0.3 is 20.3 Å². The largest absolute Gasteiger partial charge is 0.497 e. The molecule has 1 fully saturated rings. The van der Waals surface area contributed by atoms with Crippen LogP contribution in [0.15, 0.2) is 53.5 Å². The molecule has 26 heavy (non-hydrogen) atoms. The van der Waals surface area contributed by atoms with Crippen molar-refractivity contribution in [1.29, 1.82) is 0 Å². The Morgan fingerprint density at radius 2 is 1.85 bits per heavy atom. The molecule has 3 rings (SSSR count). The van der Waals surface area contributed by atoms with Gasteiger partial charge in [-0.25, -0.2) is 4.39 Å². The van der Waals surface area contributed by atoms with Crippen LogP contribution in [0.2, 0.25) is 0 Å². The van der Waals surface area contributed by atoms with Gasteiger partial charge in [-0.1, -0.05) is 12.1 Å². The van der Waals surface area contributed by atoms with Crippen LogP contribution in [-0.2, 0) is 6.42 Å². The zero-order valence-electron chi connectivity index (χ0n) is 15.1. The molecule has 1 saturated heterocycles. The van der Waals surface area contributed by atoms with Crippen molar-refractivity contribution in [1.82, 2.24) is 4.90 Å². The Morgan fingerprint density at radius 3 is 2.54 bits per heavy atom. The van der Waals surface area contributed by atoms with Crippen molar-refractivity contribution in [2.24, 2.45) is 10.7 Å². The van der Waals surface area contributed by atoms with Gasteiger partial charge in [-0.15, -0.1) is 0 Å². The van der Waals surface area contributed by atoms with E-state index in [0.717, 1.165) is 44.0 Å². The molecule has 0 amide bonds. The van der Waals surface area contributed by atoms with E-state index in [2.05, 4.69) is 20.9 Å². The van der Waals surface area contributed by atoms with E-state index >= 15 is 0 Å². The predicted molar refractivity (Wildman–Crippen MR) is 103 cm³/mol. The van der Waals surface area contributed by atoms with E-state index in [1.54, 1.807) is 7.11 Å². The maximum absolute atomic E-state index is 13.0. The fourth-order valence-electron chi connectivity index (χ4n) is 3.07. The van der Waals surface area contributed by atoms with Crippen LogP contribution in [-0.4, -0.2) is 50.7 Å². The van der Waals surface area contributed by atoms with Crippen LogP contribution in [0, 0.1) is 5.82 Å². The van der Waals surface area contributed by atoms with Gasteiger partial charge >= 0.3 is 0 Å². The second-order valence-electron chi connectivity index (χ2n) is 6.29. The molecule has 0 saturated carbocycles. The van der Waals surface area contributed by atoms with Crippen molar-refractivity contribution in [3.05, 3.63) is 59.9 Å². The minimum Gasteiger partial charge on any atom is -0.497 e. The lowest BCUT2D eigenvalue weighted by atomic mass is 10.1. The molecular formula is C20H25FN4O. The number of benzene rings is 2. The highest BCUT2D eigenvalue weighted by Gasteiger charge is 2.18. The first-order chi connectivity index (χ1) is 12.7. The highest BCUT2D eigenvalue weighted by molar-refractivity contribution is 5.78. The van der Waals surface area contributed by atoms with Crippen LogP contribution in [0.1, 0.15) is 5.56 Å². The summed E-state index contributed by atoms with van der Waals surface area (Å²) in [5.41, 5.74) is 8.38. The van der Waals surface area contributed by atoms with Crippen molar-refractivity contribution in [2.75, 3.05) is 44.7 Å². The third kappa shape index (κ3) is 4.65. The van der Waals surface area contributed by atoms with Gasteiger partial charge in [-0.3, -0.25) is 4.99 Å². The molecule has 0 atom stereocenters. The molecule has 0 spiro atoms. The standard InChI is InChI=1S/C20H25FN4O/c1-26-19-4-2-3-16(15-19)9-10-23-20(22)25-13-11-24(12-14-25)18-7-5-17(21)6-8-18/h2-8,15H,9-14H2,1H3,(H2,22,23). The topological polar surface area (TPSA) is 54.1 Å². The number of piperazine rings is 1. The molecule has 138 valence electrons. The van der Waals surface area contributed by atoms with Crippen LogP contribution in [0.5, 0.6) is 5.75 Å². The van der Waals surface area contributed by atoms with E-state index in [4.69, 9.17) is 10.5 Å². The number of anilines is 1. The van der Waals surface area contributed by atoms with Gasteiger partial charge in [0.25, 0.3) is 0 Å². The first-order valence-corrected chi connectivity index (χ1v) is 8.84. The summed E-state index contributed by atoms with van der Waals surface area (Å²) in [5, 5.41) is 0. The quantitative estimate of drug-likeness (QED) is 0.661. The number of guanidine groups is 1. The van der Waals surface area contributed by atoms with Crippen LogP contribution in [0.25, 0.3) is 0 Å². The van der Waals surface area contributed by atoms with E-state index < -0.39 is 0 Å². The maximum atomic E-state index is 13.0. The smallest absolute Gasteiger partial charge is 0.191 e. The summed E-state index contributed by atoms with van der Waals surface area (Å²) in [6.45, 7) is 3.96. The summed E-state index contributed by atoms with van der Waals surface area (Å²) < 4.78 is 18.3. The van der Waals surface area contributed by atoms with Gasteiger partial charge in [0, 0.05) is 38.4 Å². The molecule has 1 heterocycles. The molecule has 0 unspecified atom stereocenters. The Hall–Kier alpha value is -2.76. The molecule has 0 aliphatic carbocycles. The predicted octanol–water partition coefficient (Wildman–Crippen LogP) is 2.51. The Bertz CT molecular complexity index is 740. The molecule has 1 aliphatic rings. The summed E-state index contributed by atoms with van der Waals surface area (Å²) in [4.78, 5) is 8.86. The summed E-state index contributed by atoms with van der Waals surface area (Å²) >= 11 is 0. The van der Waals surface area contributed by atoms with Crippen LogP contribution < -0.4 is 15.4 Å². The lowest BCUT2D eigenvalue weighted by molar-refractivity contribution is 0.381. The lowest BCUT2D eigenvalue weighted by Crippen LogP contribution is -2.51. The van der Waals surface area contributed by atoms with Gasteiger partial charge in [-0.2, -0.15) is 0 Å². The molecule has 0 bridgehead atoms. The average Bonchev–Trinajstić information content (AvgIpc) is 2.69. The third-order valence-corrected chi connectivity index (χ3v) is 4.60. The first-order valence-electron chi connectivity index (χ1n) is 8.84. The molecular weight excluding hydrogens is 331 g/mol. The van der Waals surface area contributed by atoms with Crippen molar-refractivity contribution in [3.63, 3.8) is 0 Å². The van der Waals surface area contributed by atoms with E-state index in [1.165, 1.54) is 17.7 Å². The number of nitrogens with two attached hydrogens (primary N) is 1. The van der Waals surface area contributed by atoms with Gasteiger partial charge in [-0.05, 0) is 48.4 Å². The molecule has 1 aliphatic heterocycles. The van der Waals surface area contributed by atoms with Crippen molar-refractivity contribution >= 4 is 11.6 Å². The second kappa shape index (κ2) is 8.56. The maximum Gasteiger partial charge on any atom is 0.191 e. The van der Waals surface area contributed by atoms with E-state index in [1.807, 2.05) is 30.3 Å². The van der Waals surface area contributed by atoms with Gasteiger partial charge in [0.1, 0.15) is 11.6 Å². The Kier molecular flexibility index (Phi) is 5.94. The minimum absolute atomic E-state index is 0.209. The third-order valence-electron chi connectivity index (χ3n) is 4.60. The number of hydrogen-bond donors (Lipinski definition) is 1. The number of nitrogens with zero attached hydrogens (tertiary/aromatic N) is 3. The first kappa shape index (κ1) is 18.0. The number of aliphatic imine (C=N–C) groups is 1. The highest BCUT2D eigenvalue weighted by Crippen LogP contribution is 2.17. The lowest BCUT2D eigenvalue weighted by Gasteiger charge is -2.36. The zero-order valence-corrected chi connectivity index (χ0v) is 15.1. The summed E-state index contributed by atoms with van der Waals surface area (Å²) in [6.07, 6.45) is 0.827. The molecule has 5 nitrogen and oxygen atoms in total. The van der Waals surface area contributed by atoms with Crippen LogP contribution in [0.3, 0.4) is 0 Å². The van der Waals surface area contributed by atoms with E-state index in [0.29, 0.717) is 12.5 Å². The van der Waals surface area contributed by atoms with Gasteiger partial charge in [0.05, 0.1) is 7.11 Å². The SMILES string of the molecule is COc1cccc(CCN=C(N)N2CCN(c3ccc(F)cc3)CC2)c1. The van der Waals surface area contributed by atoms with Gasteiger partial charge in [0.2, 0.25) is 0 Å². The zero-order chi connectivity index (χ0) is 18.4. The normalized spacial score (nSPS) is 15.2. The summed E-state index contributed by atoms with van der Waals surface area (Å²) in [6, 6.07) is 14.6. The van der Waals surface area contributed by atoms with Crippen molar-refractivity contribution in [2.45, 2.75) is 6.42 Å². The average molecular weight is 356 g/mol. The fraction of sp³-hybridized carbons (Fsp3) is 0.350.